The third-order valence-corrected chi connectivity index (χ3v) is 16.4. The van der Waals surface area contributed by atoms with E-state index in [4.69, 9.17) is 23.2 Å². The summed E-state index contributed by atoms with van der Waals surface area (Å²) < 4.78 is 10.3. The fourth-order valence-electron chi connectivity index (χ4n) is 10.8. The van der Waals surface area contributed by atoms with Gasteiger partial charge >= 0.3 is 0 Å². The average molecular weight is 1460 g/mol. The first-order valence-corrected chi connectivity index (χ1v) is 33.8. The van der Waals surface area contributed by atoms with E-state index in [1.54, 1.807) is 65.4 Å². The molecule has 8 rings (SSSR count). The van der Waals surface area contributed by atoms with Crippen LogP contribution in [0.2, 0.25) is 0 Å². The zero-order valence-electron chi connectivity index (χ0n) is 58.5. The monoisotopic (exact) mass is 1460 g/mol. The van der Waals surface area contributed by atoms with Gasteiger partial charge in [0, 0.05) is 181 Å². The van der Waals surface area contributed by atoms with Crippen molar-refractivity contribution in [3.63, 3.8) is 0 Å². The first kappa shape index (κ1) is 77.2. The summed E-state index contributed by atoms with van der Waals surface area (Å²) in [5.41, 5.74) is 3.68. The predicted octanol–water partition coefficient (Wildman–Crippen LogP) is 3.36. The summed E-state index contributed by atoms with van der Waals surface area (Å²) in [6, 6.07) is 12.5. The number of carbonyl (C=O) groups excluding carboxylic acids is 11. The lowest BCUT2D eigenvalue weighted by molar-refractivity contribution is -0.122. The van der Waals surface area contributed by atoms with Crippen LogP contribution in [0.4, 0.5) is 40.1 Å². The Hall–Kier alpha value is -11.5. The molecule has 0 spiro atoms. The molecule has 36 heteroatoms. The molecule has 0 saturated heterocycles. The van der Waals surface area contributed by atoms with E-state index in [1.807, 2.05) is 43.3 Å². The predicted molar refractivity (Wildman–Crippen MR) is 388 cm³/mol. The third kappa shape index (κ3) is 21.7. The number of amides is 11. The Kier molecular flexibility index (Phi) is 27.1. The van der Waals surface area contributed by atoms with Crippen molar-refractivity contribution in [3.8, 4) is 0 Å². The molecule has 0 aliphatic rings. The summed E-state index contributed by atoms with van der Waals surface area (Å²) in [5.74, 6) is -5.00. The second-order valence-corrected chi connectivity index (χ2v) is 25.2. The lowest BCUT2D eigenvalue weighted by Crippen LogP contribution is -2.46. The number of benzene rings is 1. The number of anilines is 7. The van der Waals surface area contributed by atoms with Gasteiger partial charge in [-0.2, -0.15) is 0 Å². The summed E-state index contributed by atoms with van der Waals surface area (Å²) in [4.78, 5) is 163. The molecule has 1 atom stereocenters. The second kappa shape index (κ2) is 36.2. The molecule has 0 bridgehead atoms. The summed E-state index contributed by atoms with van der Waals surface area (Å²) >= 11 is 12.0. The minimum Gasteiger partial charge on any atom is -0.369 e. The van der Waals surface area contributed by atoms with E-state index in [2.05, 4.69) is 78.3 Å². The maximum absolute atomic E-state index is 14.3. The molecule has 7 aromatic heterocycles. The quantitative estimate of drug-likeness (QED) is 0.0251. The topological polar surface area (TPSA) is 400 Å². The number of likely N-dealkylation sites (N-methyl/N-ethyl adjacent to an activating group) is 1. The van der Waals surface area contributed by atoms with Gasteiger partial charge in [-0.3, -0.25) is 52.7 Å². The molecular formula is C67H85Cl2N23O11. The van der Waals surface area contributed by atoms with E-state index in [0.29, 0.717) is 56.5 Å². The standard InChI is InChI=1S/C67H85Cl2N23O11/c1-84(2)29-25-71-55(94)18-23-73-61(97)48-31-43(36-86(48)4)76-63(99)50-33-45(38-88(50)6)78-64(100)51-34-44(37-89(51)7)77-62(98)49-32-42(35-87(49)5)75-60(96)47(17-22-70-54(93)12-10-11-41-13-15-46(16-14-41)92(27-20-68)28-21-69)79-67(103)59-81-52(39-91(59)9)80-56(95)19-24-74-65(101)58-82-53(40-90(58)8)83-66(102)57-72-26-30-85(57)3/h13-16,26,30-40,47H,10-12,17-25,27-29H2,1-9H3,(H,70,93)(H,71,94)(H,73,97)(H,74,101)(H,75,96)(H,76,99)(H,77,98)(H,78,100)(H,79,103)(H,80,95)(H,83,102)/t47-/m1/s1. The number of halogens is 2. The molecule has 0 radical (unpaired) electrons. The molecule has 0 saturated carbocycles. The number of nitrogens with one attached hydrogen (secondary N) is 11. The van der Waals surface area contributed by atoms with Gasteiger partial charge in [-0.1, -0.05) is 12.1 Å². The first-order valence-electron chi connectivity index (χ1n) is 32.7. The Morgan fingerprint density at radius 1 is 0.447 bits per heavy atom. The Bertz CT molecular complexity index is 4390. The van der Waals surface area contributed by atoms with E-state index >= 15 is 0 Å². The number of nitrogens with zero attached hydrogens (tertiary/aromatic N) is 12. The summed E-state index contributed by atoms with van der Waals surface area (Å²) in [6.45, 7) is 2.39. The summed E-state index contributed by atoms with van der Waals surface area (Å²) in [5, 5.41) is 30.0. The van der Waals surface area contributed by atoms with Gasteiger partial charge in [0.1, 0.15) is 28.8 Å². The van der Waals surface area contributed by atoms with Crippen LogP contribution in [0.15, 0.2) is 98.1 Å². The van der Waals surface area contributed by atoms with Crippen molar-refractivity contribution >= 4 is 128 Å². The number of imidazole rings is 3. The number of hydrogen-bond donors (Lipinski definition) is 11. The number of alkyl halides is 2. The zero-order valence-corrected chi connectivity index (χ0v) is 60.0. The van der Waals surface area contributed by atoms with Crippen LogP contribution in [-0.4, -0.2) is 195 Å². The summed E-state index contributed by atoms with van der Waals surface area (Å²) in [7, 11) is 14.9. The Morgan fingerprint density at radius 2 is 0.913 bits per heavy atom. The number of aryl methyl sites for hydroxylation is 8. The molecule has 11 N–H and O–H groups in total. The lowest BCUT2D eigenvalue weighted by atomic mass is 10.1. The molecule has 8 aromatic rings. The van der Waals surface area contributed by atoms with Crippen molar-refractivity contribution in [1.29, 1.82) is 0 Å². The van der Waals surface area contributed by atoms with Crippen molar-refractivity contribution in [3.05, 3.63) is 144 Å². The minimum absolute atomic E-state index is 0.0156. The van der Waals surface area contributed by atoms with Crippen LogP contribution >= 0.6 is 23.2 Å². The molecule has 34 nitrogen and oxygen atoms in total. The highest BCUT2D eigenvalue weighted by molar-refractivity contribution is 6.18. The first-order chi connectivity index (χ1) is 49.2. The molecule has 7 heterocycles. The highest BCUT2D eigenvalue weighted by atomic mass is 35.5. The zero-order chi connectivity index (χ0) is 74.6. The van der Waals surface area contributed by atoms with E-state index in [9.17, 15) is 52.7 Å². The molecule has 0 aliphatic heterocycles. The van der Waals surface area contributed by atoms with E-state index < -0.39 is 59.2 Å². The number of aromatic nitrogens is 10. The van der Waals surface area contributed by atoms with Gasteiger partial charge in [0.15, 0.2) is 17.5 Å². The molecule has 548 valence electrons. The Balaban J connectivity index is 0.857. The van der Waals surface area contributed by atoms with Crippen LogP contribution in [0.3, 0.4) is 0 Å². The molecule has 0 aliphatic carbocycles. The van der Waals surface area contributed by atoms with Crippen LogP contribution in [0, 0.1) is 0 Å². The van der Waals surface area contributed by atoms with Crippen LogP contribution in [-0.2, 0) is 74.9 Å². The van der Waals surface area contributed by atoms with Gasteiger partial charge in [-0.25, -0.2) is 15.0 Å². The molecule has 11 amide bonds. The second-order valence-electron chi connectivity index (χ2n) is 24.5. The van der Waals surface area contributed by atoms with Crippen LogP contribution < -0.4 is 63.4 Å². The summed E-state index contributed by atoms with van der Waals surface area (Å²) in [6.07, 6.45) is 13.1. The Morgan fingerprint density at radius 3 is 1.42 bits per heavy atom. The van der Waals surface area contributed by atoms with Gasteiger partial charge < -0.3 is 100 Å². The van der Waals surface area contributed by atoms with Crippen molar-refractivity contribution in [1.82, 2.24) is 78.4 Å². The van der Waals surface area contributed by atoms with Gasteiger partial charge in [0.25, 0.3) is 41.4 Å². The average Bonchev–Trinajstić information content (AvgIpc) is 1.68. The van der Waals surface area contributed by atoms with Crippen LogP contribution in [0.5, 0.6) is 0 Å². The van der Waals surface area contributed by atoms with Gasteiger partial charge in [0.05, 0.1) is 22.7 Å². The molecule has 0 fully saturated rings. The number of rotatable bonds is 36. The van der Waals surface area contributed by atoms with Crippen molar-refractivity contribution in [2.24, 2.45) is 49.3 Å². The fraction of sp³-hybridized carbons (Fsp3) is 0.373. The van der Waals surface area contributed by atoms with Crippen LogP contribution in [0.25, 0.3) is 0 Å². The highest BCUT2D eigenvalue weighted by Crippen LogP contribution is 2.23. The van der Waals surface area contributed by atoms with Crippen molar-refractivity contribution in [2.45, 2.75) is 44.6 Å². The smallest absolute Gasteiger partial charge is 0.292 e. The number of hydrogen-bond acceptors (Lipinski definition) is 16. The molecular weight excluding hydrogens is 1370 g/mol. The van der Waals surface area contributed by atoms with Gasteiger partial charge in [0.2, 0.25) is 35.3 Å². The third-order valence-electron chi connectivity index (χ3n) is 16.1. The van der Waals surface area contributed by atoms with Crippen molar-refractivity contribution < 1.29 is 52.7 Å². The minimum atomic E-state index is -1.30. The normalized spacial score (nSPS) is 11.3. The molecule has 103 heavy (non-hydrogen) atoms. The van der Waals surface area contributed by atoms with E-state index in [-0.39, 0.29) is 126 Å². The van der Waals surface area contributed by atoms with Gasteiger partial charge in [-0.05, 0) is 75.3 Å². The Labute approximate surface area is 603 Å². The lowest BCUT2D eigenvalue weighted by Gasteiger charge is -2.23. The van der Waals surface area contributed by atoms with Gasteiger partial charge in [-0.15, -0.1) is 23.2 Å². The molecule has 0 unspecified atom stereocenters. The van der Waals surface area contributed by atoms with E-state index in [0.717, 1.165) is 11.3 Å². The fourth-order valence-corrected chi connectivity index (χ4v) is 11.2. The van der Waals surface area contributed by atoms with Crippen LogP contribution in [0.1, 0.15) is 111 Å². The highest BCUT2D eigenvalue weighted by Gasteiger charge is 2.27. The molecule has 1 aromatic carbocycles. The number of carbonyl (C=O) groups is 11. The largest absolute Gasteiger partial charge is 0.369 e. The maximum Gasteiger partial charge on any atom is 0.292 e. The SMILES string of the molecule is CN(C)CCNC(=O)CCNC(=O)c1cc(NC(=O)c2cc(NC(=O)c3cc(NC(=O)c4cc(NC(=O)[C@@H](CCNC(=O)CCCc5ccc(N(CCCl)CCCl)cc5)NC(=O)c5nc(NC(=O)CCNC(=O)c6nc(NC(=O)c7nccn7C)cn6C)cn5C)cn4C)cn3C)cn2C)cn1C. The maximum atomic E-state index is 14.3. The van der Waals surface area contributed by atoms with E-state index in [1.165, 1.54) is 89.7 Å². The van der Waals surface area contributed by atoms with Crippen molar-refractivity contribution in [2.75, 3.05) is 108 Å².